The smallest absolute Gasteiger partial charge is 0.0474 e. The fourth-order valence-electron chi connectivity index (χ4n) is 1.37. The molecule has 0 N–H and O–H groups in total. The first-order chi connectivity index (χ1) is 6.74. The Bertz CT molecular complexity index is 260. The van der Waals surface area contributed by atoms with Gasteiger partial charge in [0.1, 0.15) is 0 Å². The molecule has 0 spiro atoms. The lowest BCUT2D eigenvalue weighted by Gasteiger charge is -2.15. The fraction of sp³-hybridized carbons (Fsp3) is 0.636. The zero-order valence-corrected chi connectivity index (χ0v) is 10.1. The van der Waals surface area contributed by atoms with Crippen LogP contribution in [0.3, 0.4) is 0 Å². The van der Waals surface area contributed by atoms with E-state index in [4.69, 9.17) is 4.74 Å². The zero-order chi connectivity index (χ0) is 10.4. The highest BCUT2D eigenvalue weighted by molar-refractivity contribution is 7.10. The van der Waals surface area contributed by atoms with E-state index in [2.05, 4.69) is 30.3 Å². The van der Waals surface area contributed by atoms with Crippen LogP contribution in [0.5, 0.6) is 0 Å². The van der Waals surface area contributed by atoms with Crippen LogP contribution in [-0.2, 0) is 11.3 Å². The standard InChI is InChI=1S/C11H19NOS/c1-10-5-8-14-11(10)9-12(2)6-4-7-13-3/h5,8H,4,6-7,9H2,1-3H3. The number of ether oxygens (including phenoxy) is 1. The molecule has 80 valence electrons. The van der Waals surface area contributed by atoms with Gasteiger partial charge in [-0.1, -0.05) is 0 Å². The van der Waals surface area contributed by atoms with E-state index in [1.807, 2.05) is 11.3 Å². The highest BCUT2D eigenvalue weighted by Crippen LogP contribution is 2.17. The second kappa shape index (κ2) is 6.17. The molecule has 0 radical (unpaired) electrons. The Morgan fingerprint density at radius 3 is 2.86 bits per heavy atom. The van der Waals surface area contributed by atoms with Crippen molar-refractivity contribution in [3.8, 4) is 0 Å². The Balaban J connectivity index is 2.27. The maximum Gasteiger partial charge on any atom is 0.0474 e. The molecule has 0 fully saturated rings. The summed E-state index contributed by atoms with van der Waals surface area (Å²) in [7, 11) is 3.91. The van der Waals surface area contributed by atoms with E-state index in [9.17, 15) is 0 Å². The predicted molar refractivity (Wildman–Crippen MR) is 61.9 cm³/mol. The van der Waals surface area contributed by atoms with Gasteiger partial charge in [-0.2, -0.15) is 0 Å². The van der Waals surface area contributed by atoms with E-state index in [0.29, 0.717) is 0 Å². The average Bonchev–Trinajstić information content (AvgIpc) is 2.52. The molecule has 0 aliphatic rings. The van der Waals surface area contributed by atoms with E-state index in [-0.39, 0.29) is 0 Å². The number of nitrogens with zero attached hydrogens (tertiary/aromatic N) is 1. The van der Waals surface area contributed by atoms with Gasteiger partial charge in [0.15, 0.2) is 0 Å². The van der Waals surface area contributed by atoms with Crippen molar-refractivity contribution in [3.05, 3.63) is 21.9 Å². The first kappa shape index (κ1) is 11.7. The van der Waals surface area contributed by atoms with Crippen LogP contribution in [0.25, 0.3) is 0 Å². The molecule has 0 saturated carbocycles. The number of rotatable bonds is 6. The lowest BCUT2D eigenvalue weighted by Crippen LogP contribution is -2.19. The largest absolute Gasteiger partial charge is 0.385 e. The number of aryl methyl sites for hydroxylation is 1. The second-order valence-corrected chi connectivity index (χ2v) is 4.61. The Labute approximate surface area is 90.5 Å². The summed E-state index contributed by atoms with van der Waals surface area (Å²) < 4.78 is 5.03. The summed E-state index contributed by atoms with van der Waals surface area (Å²) in [5.74, 6) is 0. The van der Waals surface area contributed by atoms with Crippen LogP contribution in [0.2, 0.25) is 0 Å². The Morgan fingerprint density at radius 1 is 1.50 bits per heavy atom. The van der Waals surface area contributed by atoms with Gasteiger partial charge in [0.05, 0.1) is 0 Å². The molecule has 0 aromatic carbocycles. The summed E-state index contributed by atoms with van der Waals surface area (Å²) in [5, 5.41) is 2.16. The normalized spacial score (nSPS) is 11.1. The minimum atomic E-state index is 0.855. The van der Waals surface area contributed by atoms with Crippen molar-refractivity contribution in [1.82, 2.24) is 4.90 Å². The van der Waals surface area contributed by atoms with Crippen molar-refractivity contribution in [1.29, 1.82) is 0 Å². The highest BCUT2D eigenvalue weighted by atomic mass is 32.1. The van der Waals surface area contributed by atoms with E-state index in [1.165, 1.54) is 10.4 Å². The van der Waals surface area contributed by atoms with Gasteiger partial charge in [-0.3, -0.25) is 0 Å². The molecule has 1 rings (SSSR count). The molecule has 1 aromatic rings. The number of hydrogen-bond acceptors (Lipinski definition) is 3. The van der Waals surface area contributed by atoms with Crippen LogP contribution in [0, 0.1) is 6.92 Å². The molecule has 1 heterocycles. The van der Waals surface area contributed by atoms with E-state index < -0.39 is 0 Å². The Morgan fingerprint density at radius 2 is 2.29 bits per heavy atom. The minimum Gasteiger partial charge on any atom is -0.385 e. The van der Waals surface area contributed by atoms with Gasteiger partial charge in [-0.15, -0.1) is 11.3 Å². The zero-order valence-electron chi connectivity index (χ0n) is 9.25. The maximum atomic E-state index is 5.03. The Hall–Kier alpha value is -0.380. The fourth-order valence-corrected chi connectivity index (χ4v) is 2.35. The van der Waals surface area contributed by atoms with Crippen LogP contribution in [-0.4, -0.2) is 32.2 Å². The van der Waals surface area contributed by atoms with E-state index >= 15 is 0 Å². The van der Waals surface area contributed by atoms with Crippen LogP contribution in [0.1, 0.15) is 16.9 Å². The molecular weight excluding hydrogens is 194 g/mol. The van der Waals surface area contributed by atoms with Crippen molar-refractivity contribution in [2.45, 2.75) is 19.9 Å². The molecule has 0 atom stereocenters. The van der Waals surface area contributed by atoms with Gasteiger partial charge >= 0.3 is 0 Å². The molecule has 14 heavy (non-hydrogen) atoms. The molecule has 3 heteroatoms. The van der Waals surface area contributed by atoms with Gasteiger partial charge in [0.2, 0.25) is 0 Å². The molecular formula is C11H19NOS. The molecule has 2 nitrogen and oxygen atoms in total. The third kappa shape index (κ3) is 3.78. The van der Waals surface area contributed by atoms with Crippen LogP contribution in [0.4, 0.5) is 0 Å². The summed E-state index contributed by atoms with van der Waals surface area (Å²) in [5.41, 5.74) is 1.41. The minimum absolute atomic E-state index is 0.855. The third-order valence-electron chi connectivity index (χ3n) is 2.27. The topological polar surface area (TPSA) is 12.5 Å². The van der Waals surface area contributed by atoms with Crippen LogP contribution in [0.15, 0.2) is 11.4 Å². The van der Waals surface area contributed by atoms with E-state index in [0.717, 1.165) is 26.1 Å². The first-order valence-corrected chi connectivity index (χ1v) is 5.82. The van der Waals surface area contributed by atoms with Gasteiger partial charge in [-0.05, 0) is 37.4 Å². The molecule has 0 saturated heterocycles. The van der Waals surface area contributed by atoms with Gasteiger partial charge in [0, 0.05) is 31.7 Å². The first-order valence-electron chi connectivity index (χ1n) is 4.94. The summed E-state index contributed by atoms with van der Waals surface area (Å²) >= 11 is 1.84. The van der Waals surface area contributed by atoms with Crippen molar-refractivity contribution in [3.63, 3.8) is 0 Å². The van der Waals surface area contributed by atoms with Gasteiger partial charge < -0.3 is 9.64 Å². The Kier molecular flexibility index (Phi) is 5.15. The van der Waals surface area contributed by atoms with Gasteiger partial charge in [0.25, 0.3) is 0 Å². The molecule has 0 unspecified atom stereocenters. The van der Waals surface area contributed by atoms with Crippen LogP contribution >= 0.6 is 11.3 Å². The second-order valence-electron chi connectivity index (χ2n) is 3.61. The molecule has 0 bridgehead atoms. The number of thiophene rings is 1. The summed E-state index contributed by atoms with van der Waals surface area (Å²) in [6, 6.07) is 2.18. The molecule has 1 aromatic heterocycles. The van der Waals surface area contributed by atoms with Crippen molar-refractivity contribution >= 4 is 11.3 Å². The third-order valence-corrected chi connectivity index (χ3v) is 3.28. The molecule has 0 aliphatic carbocycles. The summed E-state index contributed by atoms with van der Waals surface area (Å²) in [6.07, 6.45) is 1.11. The van der Waals surface area contributed by atoms with Gasteiger partial charge in [-0.25, -0.2) is 0 Å². The maximum absolute atomic E-state index is 5.03. The van der Waals surface area contributed by atoms with E-state index in [1.54, 1.807) is 7.11 Å². The quantitative estimate of drug-likeness (QED) is 0.673. The summed E-state index contributed by atoms with van der Waals surface area (Å²) in [6.45, 7) is 5.20. The molecule has 0 aliphatic heterocycles. The van der Waals surface area contributed by atoms with Crippen LogP contribution < -0.4 is 0 Å². The number of hydrogen-bond donors (Lipinski definition) is 0. The van der Waals surface area contributed by atoms with Crippen molar-refractivity contribution < 1.29 is 4.74 Å². The number of methoxy groups -OCH3 is 1. The monoisotopic (exact) mass is 213 g/mol. The summed E-state index contributed by atoms with van der Waals surface area (Å²) in [4.78, 5) is 3.82. The molecule has 0 amide bonds. The van der Waals surface area contributed by atoms with Crippen molar-refractivity contribution in [2.24, 2.45) is 0 Å². The predicted octanol–water partition coefficient (Wildman–Crippen LogP) is 2.52. The lowest BCUT2D eigenvalue weighted by molar-refractivity contribution is 0.178. The average molecular weight is 213 g/mol. The lowest BCUT2D eigenvalue weighted by atomic mass is 10.3. The highest BCUT2D eigenvalue weighted by Gasteiger charge is 2.03. The SMILES string of the molecule is COCCCN(C)Cc1sccc1C. The van der Waals surface area contributed by atoms with Crippen molar-refractivity contribution in [2.75, 3.05) is 27.3 Å².